The molecule has 0 radical (unpaired) electrons. The lowest BCUT2D eigenvalue weighted by Crippen LogP contribution is -2.26. The molecule has 2 aromatic heterocycles. The van der Waals surface area contributed by atoms with Gasteiger partial charge in [-0.05, 0) is 43.2 Å². The molecule has 3 rings (SSSR count). The van der Waals surface area contributed by atoms with E-state index in [9.17, 15) is 4.79 Å². The second kappa shape index (κ2) is 7.23. The lowest BCUT2D eigenvalue weighted by molar-refractivity contribution is 0.0948. The average Bonchev–Trinajstić information content (AvgIpc) is 2.97. The molecule has 0 bridgehead atoms. The fourth-order valence-electron chi connectivity index (χ4n) is 2.34. The topological polar surface area (TPSA) is 72.7 Å². The zero-order valence-electron chi connectivity index (χ0n) is 13.1. The number of carbonyl (C=O) groups excluding carboxylic acids is 1. The summed E-state index contributed by atoms with van der Waals surface area (Å²) in [6.45, 7) is 2.31. The van der Waals surface area contributed by atoms with Crippen LogP contribution in [0.15, 0.2) is 48.8 Å². The Morgan fingerprint density at radius 3 is 2.92 bits per heavy atom. The highest BCUT2D eigenvalue weighted by molar-refractivity contribution is 6.30. The van der Waals surface area contributed by atoms with Crippen molar-refractivity contribution in [3.8, 4) is 5.69 Å². The van der Waals surface area contributed by atoms with E-state index in [-0.39, 0.29) is 5.91 Å². The maximum Gasteiger partial charge on any atom is 0.273 e. The summed E-state index contributed by atoms with van der Waals surface area (Å²) in [5.74, 6) is -0.246. The molecule has 24 heavy (non-hydrogen) atoms. The predicted octanol–water partition coefficient (Wildman–Crippen LogP) is 2.60. The normalized spacial score (nSPS) is 10.6. The number of hydrogen-bond acceptors (Lipinski definition) is 4. The van der Waals surface area contributed by atoms with Crippen molar-refractivity contribution in [1.29, 1.82) is 0 Å². The van der Waals surface area contributed by atoms with Crippen LogP contribution in [0, 0.1) is 6.92 Å². The number of halogens is 1. The third-order valence-electron chi connectivity index (χ3n) is 3.58. The minimum atomic E-state index is -0.246. The molecule has 0 aliphatic carbocycles. The summed E-state index contributed by atoms with van der Waals surface area (Å²) in [6, 6.07) is 11.1. The highest BCUT2D eigenvalue weighted by Gasteiger charge is 2.17. The number of pyridine rings is 1. The summed E-state index contributed by atoms with van der Waals surface area (Å²) >= 11 is 6.00. The van der Waals surface area contributed by atoms with Crippen LogP contribution in [0.2, 0.25) is 5.02 Å². The molecule has 3 aromatic rings. The van der Waals surface area contributed by atoms with Crippen molar-refractivity contribution in [2.75, 3.05) is 6.54 Å². The number of hydrogen-bond donors (Lipinski definition) is 1. The fourth-order valence-corrected chi connectivity index (χ4v) is 2.53. The van der Waals surface area contributed by atoms with Gasteiger partial charge in [0.15, 0.2) is 5.69 Å². The first-order chi connectivity index (χ1) is 11.6. The van der Waals surface area contributed by atoms with Gasteiger partial charge in [0.2, 0.25) is 0 Å². The van der Waals surface area contributed by atoms with Gasteiger partial charge in [-0.1, -0.05) is 28.9 Å². The van der Waals surface area contributed by atoms with E-state index in [4.69, 9.17) is 11.6 Å². The molecule has 0 aliphatic heterocycles. The summed E-state index contributed by atoms with van der Waals surface area (Å²) in [4.78, 5) is 16.3. The van der Waals surface area contributed by atoms with Crippen molar-refractivity contribution in [2.45, 2.75) is 13.3 Å². The van der Waals surface area contributed by atoms with Crippen molar-refractivity contribution in [2.24, 2.45) is 0 Å². The molecule has 122 valence electrons. The van der Waals surface area contributed by atoms with Crippen LogP contribution in [0.25, 0.3) is 5.69 Å². The van der Waals surface area contributed by atoms with Gasteiger partial charge in [-0.3, -0.25) is 9.78 Å². The van der Waals surface area contributed by atoms with Crippen LogP contribution in [0.5, 0.6) is 0 Å². The summed E-state index contributed by atoms with van der Waals surface area (Å²) in [5, 5.41) is 11.5. The number of nitrogens with one attached hydrogen (secondary N) is 1. The largest absolute Gasteiger partial charge is 0.350 e. The first-order valence-corrected chi connectivity index (χ1v) is 7.88. The molecular weight excluding hydrogens is 326 g/mol. The maximum atomic E-state index is 12.3. The quantitative estimate of drug-likeness (QED) is 0.774. The van der Waals surface area contributed by atoms with E-state index in [0.29, 0.717) is 29.4 Å². The van der Waals surface area contributed by atoms with Gasteiger partial charge in [-0.2, -0.15) is 0 Å². The Morgan fingerprint density at radius 2 is 2.17 bits per heavy atom. The summed E-state index contributed by atoms with van der Waals surface area (Å²) < 4.78 is 1.60. The third-order valence-corrected chi connectivity index (χ3v) is 3.82. The van der Waals surface area contributed by atoms with Gasteiger partial charge < -0.3 is 5.32 Å². The van der Waals surface area contributed by atoms with E-state index in [1.165, 1.54) is 0 Å². The summed E-state index contributed by atoms with van der Waals surface area (Å²) in [7, 11) is 0. The van der Waals surface area contributed by atoms with Crippen molar-refractivity contribution in [3.05, 3.63) is 70.8 Å². The highest BCUT2D eigenvalue weighted by atomic mass is 35.5. The molecular formula is C17H16ClN5O. The molecule has 0 saturated heterocycles. The Morgan fingerprint density at radius 1 is 1.29 bits per heavy atom. The van der Waals surface area contributed by atoms with Crippen molar-refractivity contribution in [1.82, 2.24) is 25.3 Å². The lowest BCUT2D eigenvalue weighted by Gasteiger charge is -2.05. The number of nitrogens with zero attached hydrogens (tertiary/aromatic N) is 4. The van der Waals surface area contributed by atoms with Gasteiger partial charge >= 0.3 is 0 Å². The van der Waals surface area contributed by atoms with Gasteiger partial charge in [-0.15, -0.1) is 5.10 Å². The van der Waals surface area contributed by atoms with Crippen LogP contribution < -0.4 is 5.32 Å². The van der Waals surface area contributed by atoms with E-state index < -0.39 is 0 Å². The van der Waals surface area contributed by atoms with Crippen LogP contribution in [-0.4, -0.2) is 32.4 Å². The Bertz CT molecular complexity index is 847. The molecule has 1 aromatic carbocycles. The molecule has 7 heteroatoms. The van der Waals surface area contributed by atoms with E-state index in [1.807, 2.05) is 24.3 Å². The van der Waals surface area contributed by atoms with Crippen LogP contribution in [-0.2, 0) is 6.42 Å². The van der Waals surface area contributed by atoms with Crippen molar-refractivity contribution < 1.29 is 4.79 Å². The molecule has 0 spiro atoms. The second-order valence-corrected chi connectivity index (χ2v) is 5.72. The number of rotatable bonds is 5. The molecule has 6 nitrogen and oxygen atoms in total. The van der Waals surface area contributed by atoms with Crippen molar-refractivity contribution in [3.63, 3.8) is 0 Å². The zero-order valence-corrected chi connectivity index (χ0v) is 13.9. The van der Waals surface area contributed by atoms with Gasteiger partial charge in [0.05, 0.1) is 11.4 Å². The first kappa shape index (κ1) is 16.1. The van der Waals surface area contributed by atoms with Crippen LogP contribution >= 0.6 is 11.6 Å². The molecule has 0 unspecified atom stereocenters. The minimum absolute atomic E-state index is 0.246. The number of carbonyl (C=O) groups is 1. The summed E-state index contributed by atoms with van der Waals surface area (Å²) in [5.41, 5.74) is 2.80. The fraction of sp³-hybridized carbons (Fsp3) is 0.176. The Hall–Kier alpha value is -2.73. The van der Waals surface area contributed by atoms with Crippen LogP contribution in [0.3, 0.4) is 0 Å². The van der Waals surface area contributed by atoms with E-state index in [2.05, 4.69) is 20.6 Å². The molecule has 0 saturated carbocycles. The number of amides is 1. The molecule has 2 heterocycles. The van der Waals surface area contributed by atoms with Gasteiger partial charge in [0.25, 0.3) is 5.91 Å². The second-order valence-electron chi connectivity index (χ2n) is 5.28. The first-order valence-electron chi connectivity index (χ1n) is 7.50. The minimum Gasteiger partial charge on any atom is -0.350 e. The van der Waals surface area contributed by atoms with Gasteiger partial charge in [-0.25, -0.2) is 4.68 Å². The van der Waals surface area contributed by atoms with Gasteiger partial charge in [0.1, 0.15) is 0 Å². The van der Waals surface area contributed by atoms with E-state index in [1.54, 1.807) is 36.1 Å². The molecule has 0 aliphatic rings. The number of benzene rings is 1. The monoisotopic (exact) mass is 341 g/mol. The van der Waals surface area contributed by atoms with E-state index in [0.717, 1.165) is 11.3 Å². The summed E-state index contributed by atoms with van der Waals surface area (Å²) in [6.07, 6.45) is 4.22. The smallest absolute Gasteiger partial charge is 0.273 e. The molecule has 1 amide bonds. The van der Waals surface area contributed by atoms with Crippen LogP contribution in [0.1, 0.15) is 21.7 Å². The molecule has 0 fully saturated rings. The zero-order chi connectivity index (χ0) is 16.9. The standard InChI is InChI=1S/C17H16ClN5O/c1-12-16(17(24)20-9-7-13-4-3-8-19-11-13)21-22-23(12)15-6-2-5-14(18)10-15/h2-6,8,10-11H,7,9H2,1H3,(H,20,24). The highest BCUT2D eigenvalue weighted by Crippen LogP contribution is 2.16. The van der Waals surface area contributed by atoms with Gasteiger partial charge in [0, 0.05) is 24.0 Å². The lowest BCUT2D eigenvalue weighted by atomic mass is 10.2. The van der Waals surface area contributed by atoms with Crippen molar-refractivity contribution >= 4 is 17.5 Å². The maximum absolute atomic E-state index is 12.3. The Labute approximate surface area is 144 Å². The molecule has 0 atom stereocenters. The Balaban J connectivity index is 1.68. The molecule has 1 N–H and O–H groups in total. The van der Waals surface area contributed by atoms with Crippen LogP contribution in [0.4, 0.5) is 0 Å². The number of aromatic nitrogens is 4. The SMILES string of the molecule is Cc1c(C(=O)NCCc2cccnc2)nnn1-c1cccc(Cl)c1. The van der Waals surface area contributed by atoms with E-state index >= 15 is 0 Å². The third kappa shape index (κ3) is 3.60. The predicted molar refractivity (Wildman–Crippen MR) is 91.4 cm³/mol. The average molecular weight is 342 g/mol. The Kier molecular flexibility index (Phi) is 4.86.